The second-order valence-corrected chi connectivity index (χ2v) is 9.33. The van der Waals surface area contributed by atoms with Gasteiger partial charge in [0.25, 0.3) is 0 Å². The zero-order chi connectivity index (χ0) is 25.3. The second-order valence-electron chi connectivity index (χ2n) is 8.23. The Kier molecular flexibility index (Phi) is 10.5. The van der Waals surface area contributed by atoms with Crippen LogP contribution in [0.25, 0.3) is 0 Å². The number of methoxy groups -OCH3 is 3. The summed E-state index contributed by atoms with van der Waals surface area (Å²) in [6.45, 7) is 5.82. The van der Waals surface area contributed by atoms with Gasteiger partial charge in [0.1, 0.15) is 11.6 Å². The summed E-state index contributed by atoms with van der Waals surface area (Å²) in [6.07, 6.45) is 0.966. The summed E-state index contributed by atoms with van der Waals surface area (Å²) in [5, 5.41) is 3.13. The average Bonchev–Trinajstić information content (AvgIpc) is 2.85. The molecule has 1 amide bonds. The molecule has 10 heteroatoms. The monoisotopic (exact) mass is 496 g/mol. The van der Waals surface area contributed by atoms with Gasteiger partial charge in [-0.25, -0.2) is 4.79 Å². The Morgan fingerprint density at radius 2 is 1.88 bits per heavy atom. The first-order chi connectivity index (χ1) is 16.2. The Morgan fingerprint density at radius 3 is 2.50 bits per heavy atom. The Bertz CT molecular complexity index is 866. The van der Waals surface area contributed by atoms with Gasteiger partial charge in [0.05, 0.1) is 34.0 Å². The summed E-state index contributed by atoms with van der Waals surface area (Å²) < 4.78 is 20.9. The molecule has 1 fully saturated rings. The highest BCUT2D eigenvalue weighted by Crippen LogP contribution is 2.29. The van der Waals surface area contributed by atoms with Crippen LogP contribution < -0.4 is 14.8 Å². The lowest BCUT2D eigenvalue weighted by Crippen LogP contribution is -2.64. The molecule has 1 aromatic rings. The fourth-order valence-corrected chi connectivity index (χ4v) is 5.09. The SMILES string of the molecule is CCOC(=O)C(CCc1ccc(OC)c(OC)c1)N[C@@H](C)C(=O)N1CCSCC1(C)C(=O)OC. The van der Waals surface area contributed by atoms with Gasteiger partial charge in [-0.15, -0.1) is 0 Å². The van der Waals surface area contributed by atoms with Crippen LogP contribution in [0.3, 0.4) is 0 Å². The quantitative estimate of drug-likeness (QED) is 0.461. The van der Waals surface area contributed by atoms with Crippen LogP contribution in [0.5, 0.6) is 11.5 Å². The van der Waals surface area contributed by atoms with E-state index in [1.54, 1.807) is 51.7 Å². The smallest absolute Gasteiger partial charge is 0.332 e. The van der Waals surface area contributed by atoms with E-state index >= 15 is 0 Å². The van der Waals surface area contributed by atoms with Gasteiger partial charge in [0.15, 0.2) is 11.5 Å². The van der Waals surface area contributed by atoms with Gasteiger partial charge in [-0.2, -0.15) is 11.8 Å². The van der Waals surface area contributed by atoms with Gasteiger partial charge in [0.2, 0.25) is 5.91 Å². The van der Waals surface area contributed by atoms with Crippen LogP contribution in [-0.2, 0) is 30.3 Å². The van der Waals surface area contributed by atoms with Gasteiger partial charge >= 0.3 is 11.9 Å². The number of hydrogen-bond acceptors (Lipinski definition) is 9. The van der Waals surface area contributed by atoms with Gasteiger partial charge in [-0.3, -0.25) is 14.9 Å². The van der Waals surface area contributed by atoms with Crippen LogP contribution in [-0.4, -0.2) is 86.4 Å². The average molecular weight is 497 g/mol. The molecule has 1 N–H and O–H groups in total. The first kappa shape index (κ1) is 27.8. The molecule has 0 bridgehead atoms. The van der Waals surface area contributed by atoms with Crippen molar-refractivity contribution in [3.63, 3.8) is 0 Å². The number of rotatable bonds is 11. The summed E-state index contributed by atoms with van der Waals surface area (Å²) in [5.74, 6) is 1.29. The van der Waals surface area contributed by atoms with Crippen LogP contribution in [0.4, 0.5) is 0 Å². The third kappa shape index (κ3) is 6.56. The number of ether oxygens (including phenoxy) is 4. The number of amides is 1. The predicted molar refractivity (Wildman–Crippen MR) is 130 cm³/mol. The molecule has 3 atom stereocenters. The summed E-state index contributed by atoms with van der Waals surface area (Å²) in [6, 6.07) is 4.19. The fraction of sp³-hybridized carbons (Fsp3) is 0.625. The molecule has 0 aliphatic carbocycles. The van der Waals surface area contributed by atoms with Crippen molar-refractivity contribution in [2.45, 2.75) is 51.2 Å². The molecule has 0 aromatic heterocycles. The molecule has 190 valence electrons. The standard InChI is InChI=1S/C24H36N2O7S/c1-7-33-22(28)18(10-8-17-9-11-19(30-4)20(14-17)31-5)25-16(2)21(27)26-12-13-34-15-24(26,3)23(29)32-6/h9,11,14,16,18,25H,7-8,10,12-13,15H2,1-6H3/t16-,18?,24?/m0/s1. The molecule has 34 heavy (non-hydrogen) atoms. The van der Waals surface area contributed by atoms with E-state index in [1.165, 1.54) is 7.11 Å². The maximum absolute atomic E-state index is 13.3. The molecule has 1 aliphatic heterocycles. The highest BCUT2D eigenvalue weighted by Gasteiger charge is 2.46. The van der Waals surface area contributed by atoms with Crippen LogP contribution in [0.2, 0.25) is 0 Å². The van der Waals surface area contributed by atoms with Gasteiger partial charge in [0, 0.05) is 18.1 Å². The van der Waals surface area contributed by atoms with Crippen LogP contribution in [0, 0.1) is 0 Å². The van der Waals surface area contributed by atoms with Crippen molar-refractivity contribution in [3.8, 4) is 11.5 Å². The van der Waals surface area contributed by atoms with Crippen molar-refractivity contribution >= 4 is 29.6 Å². The minimum absolute atomic E-state index is 0.236. The Labute approximate surface area is 205 Å². The summed E-state index contributed by atoms with van der Waals surface area (Å²) in [5.41, 5.74) is -0.0944. The number of nitrogens with one attached hydrogen (secondary N) is 1. The van der Waals surface area contributed by atoms with E-state index in [0.717, 1.165) is 11.3 Å². The van der Waals surface area contributed by atoms with E-state index in [0.29, 0.717) is 36.6 Å². The van der Waals surface area contributed by atoms with Crippen LogP contribution >= 0.6 is 11.8 Å². The number of hydrogen-bond donors (Lipinski definition) is 1. The van der Waals surface area contributed by atoms with E-state index in [-0.39, 0.29) is 12.5 Å². The molecule has 0 radical (unpaired) electrons. The highest BCUT2D eigenvalue weighted by molar-refractivity contribution is 7.99. The number of carbonyl (C=O) groups is 3. The molecule has 2 rings (SSSR count). The zero-order valence-corrected chi connectivity index (χ0v) is 21.7. The van der Waals surface area contributed by atoms with Crippen molar-refractivity contribution in [3.05, 3.63) is 23.8 Å². The predicted octanol–water partition coefficient (Wildman–Crippen LogP) is 2.05. The third-order valence-corrected chi connectivity index (χ3v) is 7.13. The topological polar surface area (TPSA) is 103 Å². The molecule has 2 unspecified atom stereocenters. The molecular weight excluding hydrogens is 460 g/mol. The number of nitrogens with zero attached hydrogens (tertiary/aromatic N) is 1. The third-order valence-electron chi connectivity index (χ3n) is 5.89. The Hall–Kier alpha value is -2.46. The summed E-state index contributed by atoms with van der Waals surface area (Å²) in [7, 11) is 4.46. The van der Waals surface area contributed by atoms with Crippen LogP contribution in [0.15, 0.2) is 18.2 Å². The summed E-state index contributed by atoms with van der Waals surface area (Å²) >= 11 is 1.61. The lowest BCUT2D eigenvalue weighted by molar-refractivity contribution is -0.160. The molecule has 0 spiro atoms. The van der Waals surface area contributed by atoms with E-state index in [2.05, 4.69) is 5.32 Å². The first-order valence-electron chi connectivity index (χ1n) is 11.3. The number of aryl methyl sites for hydroxylation is 1. The zero-order valence-electron chi connectivity index (χ0n) is 20.8. The fourth-order valence-electron chi connectivity index (χ4n) is 3.96. The number of thioether (sulfide) groups is 1. The van der Waals surface area contributed by atoms with Gasteiger partial charge < -0.3 is 23.8 Å². The van der Waals surface area contributed by atoms with Crippen molar-refractivity contribution in [1.29, 1.82) is 0 Å². The second kappa shape index (κ2) is 12.9. The van der Waals surface area contributed by atoms with Crippen molar-refractivity contribution < 1.29 is 33.3 Å². The first-order valence-corrected chi connectivity index (χ1v) is 12.5. The molecular formula is C24H36N2O7S. The van der Waals surface area contributed by atoms with Gasteiger partial charge in [-0.1, -0.05) is 6.07 Å². The Balaban J connectivity index is 2.14. The van der Waals surface area contributed by atoms with Crippen molar-refractivity contribution in [1.82, 2.24) is 10.2 Å². The number of esters is 2. The maximum Gasteiger partial charge on any atom is 0.332 e. The van der Waals surface area contributed by atoms with Crippen LogP contribution in [0.1, 0.15) is 32.8 Å². The highest BCUT2D eigenvalue weighted by atomic mass is 32.2. The lowest BCUT2D eigenvalue weighted by atomic mass is 10.00. The van der Waals surface area contributed by atoms with E-state index in [4.69, 9.17) is 18.9 Å². The minimum atomic E-state index is -1.05. The summed E-state index contributed by atoms with van der Waals surface area (Å²) in [4.78, 5) is 40.0. The maximum atomic E-state index is 13.3. The Morgan fingerprint density at radius 1 is 1.18 bits per heavy atom. The van der Waals surface area contributed by atoms with Gasteiger partial charge in [-0.05, 0) is 51.3 Å². The lowest BCUT2D eigenvalue weighted by Gasteiger charge is -2.43. The molecule has 1 aliphatic rings. The number of carbonyl (C=O) groups excluding carboxylic acids is 3. The molecule has 0 saturated carbocycles. The molecule has 1 saturated heterocycles. The van der Waals surface area contributed by atoms with E-state index in [1.807, 2.05) is 18.2 Å². The molecule has 1 aromatic carbocycles. The minimum Gasteiger partial charge on any atom is -0.493 e. The molecule has 9 nitrogen and oxygen atoms in total. The van der Waals surface area contributed by atoms with Crippen molar-refractivity contribution in [2.24, 2.45) is 0 Å². The van der Waals surface area contributed by atoms with Crippen molar-refractivity contribution in [2.75, 3.05) is 46.0 Å². The van der Waals surface area contributed by atoms with E-state index in [9.17, 15) is 14.4 Å². The van der Waals surface area contributed by atoms with E-state index < -0.39 is 29.6 Å². The normalized spacial score (nSPS) is 19.6. The molecule has 1 heterocycles. The largest absolute Gasteiger partial charge is 0.493 e. The number of benzene rings is 1.